The number of para-hydroxylation sites is 1. The van der Waals surface area contributed by atoms with E-state index in [2.05, 4.69) is 31.4 Å². The summed E-state index contributed by atoms with van der Waals surface area (Å²) in [5.41, 5.74) is 1.04. The minimum atomic E-state index is 0.139. The molecule has 1 heterocycles. The summed E-state index contributed by atoms with van der Waals surface area (Å²) in [5.74, 6) is 2.61. The largest absolute Gasteiger partial charge is 0.493 e. The van der Waals surface area contributed by atoms with Crippen molar-refractivity contribution in [2.24, 2.45) is 17.8 Å². The highest BCUT2D eigenvalue weighted by molar-refractivity contribution is 5.76. The van der Waals surface area contributed by atoms with Crippen LogP contribution in [0.3, 0.4) is 0 Å². The lowest BCUT2D eigenvalue weighted by Crippen LogP contribution is -2.33. The van der Waals surface area contributed by atoms with Gasteiger partial charge in [-0.2, -0.15) is 0 Å². The summed E-state index contributed by atoms with van der Waals surface area (Å²) in [6.45, 7) is 9.85. The van der Waals surface area contributed by atoms with E-state index >= 15 is 0 Å². The van der Waals surface area contributed by atoms with E-state index in [1.807, 2.05) is 24.3 Å². The van der Waals surface area contributed by atoms with Crippen molar-refractivity contribution in [3.63, 3.8) is 0 Å². The summed E-state index contributed by atoms with van der Waals surface area (Å²) in [5, 5.41) is 6.44. The number of benzene rings is 1. The van der Waals surface area contributed by atoms with Crippen LogP contribution in [-0.4, -0.2) is 25.6 Å². The van der Waals surface area contributed by atoms with E-state index in [1.165, 1.54) is 12.8 Å². The van der Waals surface area contributed by atoms with Gasteiger partial charge < -0.3 is 15.4 Å². The van der Waals surface area contributed by atoms with Gasteiger partial charge in [0.25, 0.3) is 0 Å². The maximum Gasteiger partial charge on any atom is 0.220 e. The van der Waals surface area contributed by atoms with Gasteiger partial charge in [-0.1, -0.05) is 39.0 Å². The fourth-order valence-electron chi connectivity index (χ4n) is 3.19. The van der Waals surface area contributed by atoms with Crippen LogP contribution in [0.15, 0.2) is 24.3 Å². The van der Waals surface area contributed by atoms with Crippen LogP contribution in [0.5, 0.6) is 5.75 Å². The van der Waals surface area contributed by atoms with Crippen molar-refractivity contribution in [3.05, 3.63) is 29.8 Å². The van der Waals surface area contributed by atoms with Crippen LogP contribution in [0.4, 0.5) is 0 Å². The number of rotatable bonds is 8. The number of ether oxygens (including phenoxy) is 1. The molecular formula is C20H32N2O2. The van der Waals surface area contributed by atoms with Crippen LogP contribution in [0.2, 0.25) is 0 Å². The molecule has 1 fully saturated rings. The van der Waals surface area contributed by atoms with Crippen molar-refractivity contribution in [1.29, 1.82) is 0 Å². The molecule has 1 aromatic carbocycles. The number of hydrogen-bond acceptors (Lipinski definition) is 3. The molecule has 0 radical (unpaired) electrons. The van der Waals surface area contributed by atoms with Gasteiger partial charge in [0.2, 0.25) is 5.91 Å². The predicted molar refractivity (Wildman–Crippen MR) is 98.0 cm³/mol. The van der Waals surface area contributed by atoms with Gasteiger partial charge in [-0.15, -0.1) is 0 Å². The minimum Gasteiger partial charge on any atom is -0.493 e. The Kier molecular flexibility index (Phi) is 7.57. The molecule has 1 amide bonds. The Hall–Kier alpha value is -1.55. The molecule has 4 heteroatoms. The first-order valence-corrected chi connectivity index (χ1v) is 9.24. The monoisotopic (exact) mass is 332 g/mol. The lowest BCUT2D eigenvalue weighted by Gasteiger charge is -2.27. The average molecular weight is 332 g/mol. The average Bonchev–Trinajstić information content (AvgIpc) is 2.59. The second kappa shape index (κ2) is 9.67. The van der Waals surface area contributed by atoms with E-state index in [9.17, 15) is 4.79 Å². The number of piperidine rings is 1. The van der Waals surface area contributed by atoms with E-state index in [4.69, 9.17) is 4.74 Å². The first kappa shape index (κ1) is 18.8. The van der Waals surface area contributed by atoms with Crippen LogP contribution in [-0.2, 0) is 11.3 Å². The Morgan fingerprint density at radius 3 is 2.67 bits per heavy atom. The molecule has 0 aromatic heterocycles. The third kappa shape index (κ3) is 6.16. The Morgan fingerprint density at radius 2 is 1.96 bits per heavy atom. The molecule has 0 aliphatic carbocycles. The zero-order chi connectivity index (χ0) is 17.4. The van der Waals surface area contributed by atoms with Gasteiger partial charge in [-0.25, -0.2) is 0 Å². The standard InChI is InChI=1S/C20H32N2O2/c1-15(2)14-24-19-7-5-4-6-18(19)13-22-20(23)12-16(3)17-8-10-21-11-9-17/h4-7,15-17,21H,8-14H2,1-3H3,(H,22,23). The summed E-state index contributed by atoms with van der Waals surface area (Å²) in [6.07, 6.45) is 2.97. The molecule has 1 saturated heterocycles. The van der Waals surface area contributed by atoms with Gasteiger partial charge in [0.15, 0.2) is 0 Å². The number of carbonyl (C=O) groups is 1. The molecule has 1 aliphatic heterocycles. The second-order valence-electron chi connectivity index (χ2n) is 7.36. The maximum absolute atomic E-state index is 12.3. The third-order valence-corrected chi connectivity index (χ3v) is 4.72. The van der Waals surface area contributed by atoms with Crippen LogP contribution in [0.25, 0.3) is 0 Å². The Bertz CT molecular complexity index is 510. The molecule has 1 unspecified atom stereocenters. The molecule has 0 saturated carbocycles. The highest BCUT2D eigenvalue weighted by Gasteiger charge is 2.22. The summed E-state index contributed by atoms with van der Waals surface area (Å²) >= 11 is 0. The Balaban J connectivity index is 1.80. The Morgan fingerprint density at radius 1 is 1.25 bits per heavy atom. The highest BCUT2D eigenvalue weighted by atomic mass is 16.5. The van der Waals surface area contributed by atoms with E-state index in [1.54, 1.807) is 0 Å². The molecule has 1 aromatic rings. The van der Waals surface area contributed by atoms with Crippen molar-refractivity contribution >= 4 is 5.91 Å². The van der Waals surface area contributed by atoms with Crippen LogP contribution in [0.1, 0.15) is 45.6 Å². The van der Waals surface area contributed by atoms with Crippen molar-refractivity contribution in [2.45, 2.75) is 46.6 Å². The van der Waals surface area contributed by atoms with Crippen molar-refractivity contribution in [3.8, 4) is 5.75 Å². The van der Waals surface area contributed by atoms with E-state index < -0.39 is 0 Å². The quantitative estimate of drug-likeness (QED) is 0.767. The highest BCUT2D eigenvalue weighted by Crippen LogP contribution is 2.24. The van der Waals surface area contributed by atoms with Crippen LogP contribution in [0, 0.1) is 17.8 Å². The molecule has 1 aliphatic rings. The number of amides is 1. The van der Waals surface area contributed by atoms with Gasteiger partial charge >= 0.3 is 0 Å². The molecule has 2 rings (SSSR count). The molecule has 0 spiro atoms. The number of hydrogen-bond donors (Lipinski definition) is 2. The van der Waals surface area contributed by atoms with Gasteiger partial charge in [0.05, 0.1) is 6.61 Å². The molecule has 24 heavy (non-hydrogen) atoms. The first-order valence-electron chi connectivity index (χ1n) is 9.24. The Labute approximate surface area is 146 Å². The van der Waals surface area contributed by atoms with E-state index in [0.717, 1.165) is 24.4 Å². The fourth-order valence-corrected chi connectivity index (χ4v) is 3.19. The van der Waals surface area contributed by atoms with Gasteiger partial charge in [0.1, 0.15) is 5.75 Å². The summed E-state index contributed by atoms with van der Waals surface area (Å²) < 4.78 is 5.85. The van der Waals surface area contributed by atoms with Crippen LogP contribution >= 0.6 is 0 Å². The SMILES string of the molecule is CC(C)COc1ccccc1CNC(=O)CC(C)C1CCNCC1. The summed E-state index contributed by atoms with van der Waals surface area (Å²) in [4.78, 5) is 12.3. The summed E-state index contributed by atoms with van der Waals surface area (Å²) in [6, 6.07) is 7.95. The predicted octanol–water partition coefficient (Wildman–Crippen LogP) is 3.36. The maximum atomic E-state index is 12.3. The molecule has 4 nitrogen and oxygen atoms in total. The molecule has 2 N–H and O–H groups in total. The minimum absolute atomic E-state index is 0.139. The van der Waals surface area contributed by atoms with Gasteiger partial charge in [-0.05, 0) is 49.8 Å². The topological polar surface area (TPSA) is 50.4 Å². The van der Waals surface area contributed by atoms with Gasteiger partial charge in [-0.3, -0.25) is 4.79 Å². The third-order valence-electron chi connectivity index (χ3n) is 4.72. The summed E-state index contributed by atoms with van der Waals surface area (Å²) in [7, 11) is 0. The smallest absolute Gasteiger partial charge is 0.220 e. The lowest BCUT2D eigenvalue weighted by atomic mass is 9.84. The lowest BCUT2D eigenvalue weighted by molar-refractivity contribution is -0.122. The van der Waals surface area contributed by atoms with Gasteiger partial charge in [0, 0.05) is 18.5 Å². The first-order chi connectivity index (χ1) is 11.6. The van der Waals surface area contributed by atoms with Crippen molar-refractivity contribution in [1.82, 2.24) is 10.6 Å². The normalized spacial score (nSPS) is 16.8. The second-order valence-corrected chi connectivity index (χ2v) is 7.36. The van der Waals surface area contributed by atoms with Crippen molar-refractivity contribution in [2.75, 3.05) is 19.7 Å². The molecule has 134 valence electrons. The van der Waals surface area contributed by atoms with E-state index in [0.29, 0.717) is 37.3 Å². The fraction of sp³-hybridized carbons (Fsp3) is 0.650. The number of nitrogens with one attached hydrogen (secondary N) is 2. The zero-order valence-electron chi connectivity index (χ0n) is 15.3. The molecular weight excluding hydrogens is 300 g/mol. The molecule has 0 bridgehead atoms. The zero-order valence-corrected chi connectivity index (χ0v) is 15.3. The van der Waals surface area contributed by atoms with Crippen LogP contribution < -0.4 is 15.4 Å². The van der Waals surface area contributed by atoms with Crippen molar-refractivity contribution < 1.29 is 9.53 Å². The van der Waals surface area contributed by atoms with E-state index in [-0.39, 0.29) is 5.91 Å². The molecule has 1 atom stereocenters. The number of carbonyl (C=O) groups excluding carboxylic acids is 1.